The molecule has 1 atom stereocenters. The summed E-state index contributed by atoms with van der Waals surface area (Å²) in [4.78, 5) is 10.3. The Labute approximate surface area is 110 Å². The molecule has 0 rings (SSSR count). The zero-order valence-corrected chi connectivity index (χ0v) is 12.2. The quantitative estimate of drug-likeness (QED) is 0.294. The van der Waals surface area contributed by atoms with E-state index in [1.807, 2.05) is 25.2 Å². The molecule has 0 aliphatic carbocycles. The molecule has 0 heterocycles. The number of nitrogens with two attached hydrogens (primary N) is 1. The van der Waals surface area contributed by atoms with Crippen LogP contribution in [0.4, 0.5) is 0 Å². The number of aliphatic carboxylic acids is 1. The van der Waals surface area contributed by atoms with Crippen molar-refractivity contribution in [3.8, 4) is 0 Å². The summed E-state index contributed by atoms with van der Waals surface area (Å²) in [6.45, 7) is 1.91. The summed E-state index contributed by atoms with van der Waals surface area (Å²) in [5.74, 6) is -0.182. The van der Waals surface area contributed by atoms with Gasteiger partial charge in [0.05, 0.1) is 11.4 Å². The normalized spacial score (nSPS) is 13.0. The molecule has 3 N–H and O–H groups in total. The minimum Gasteiger partial charge on any atom is -0.481 e. The van der Waals surface area contributed by atoms with E-state index in [0.29, 0.717) is 16.9 Å². The van der Waals surface area contributed by atoms with Crippen LogP contribution in [0.3, 0.4) is 0 Å². The van der Waals surface area contributed by atoms with E-state index in [1.54, 1.807) is 0 Å². The van der Waals surface area contributed by atoms with Crippen molar-refractivity contribution < 1.29 is 14.5 Å². The van der Waals surface area contributed by atoms with Crippen LogP contribution in [-0.2, 0) is 9.36 Å². The van der Waals surface area contributed by atoms with Crippen molar-refractivity contribution >= 4 is 35.4 Å². The van der Waals surface area contributed by atoms with Crippen LogP contribution in [0.15, 0.2) is 23.3 Å². The molecule has 4 nitrogen and oxygen atoms in total. The summed E-state index contributed by atoms with van der Waals surface area (Å²) in [5.41, 5.74) is 5.68. The van der Waals surface area contributed by atoms with E-state index in [-0.39, 0.29) is 12.6 Å². The minimum atomic E-state index is -1.39. The maximum absolute atomic E-state index is 11.4. The van der Waals surface area contributed by atoms with Crippen LogP contribution < -0.4 is 5.73 Å². The summed E-state index contributed by atoms with van der Waals surface area (Å²) in [7, 11) is 1.58. The van der Waals surface area contributed by atoms with E-state index in [0.717, 1.165) is 0 Å². The van der Waals surface area contributed by atoms with E-state index in [9.17, 15) is 9.36 Å². The van der Waals surface area contributed by atoms with Crippen molar-refractivity contribution in [3.63, 3.8) is 0 Å². The molecular formula is C10H17NO3PS2+. The summed E-state index contributed by atoms with van der Waals surface area (Å²) in [6, 6.07) is 0. The molecule has 0 bridgehead atoms. The summed E-state index contributed by atoms with van der Waals surface area (Å²) in [6.07, 6.45) is 6.34. The zero-order chi connectivity index (χ0) is 13.1. The first-order valence-corrected chi connectivity index (χ1v) is 9.03. The van der Waals surface area contributed by atoms with Gasteiger partial charge in [-0.1, -0.05) is 27.5 Å². The Kier molecular flexibility index (Phi) is 10.4. The van der Waals surface area contributed by atoms with Crippen molar-refractivity contribution in [2.75, 3.05) is 18.1 Å². The Morgan fingerprint density at radius 1 is 1.47 bits per heavy atom. The number of carboxylic acid groups (broad SMARTS) is 1. The van der Waals surface area contributed by atoms with Crippen molar-refractivity contribution in [2.45, 2.75) is 13.3 Å². The van der Waals surface area contributed by atoms with E-state index >= 15 is 0 Å². The Bertz CT molecular complexity index is 319. The molecular weight excluding hydrogens is 277 g/mol. The van der Waals surface area contributed by atoms with E-state index in [1.165, 1.54) is 21.6 Å². The molecule has 96 valence electrons. The van der Waals surface area contributed by atoms with Gasteiger partial charge in [0, 0.05) is 5.75 Å². The van der Waals surface area contributed by atoms with Crippen molar-refractivity contribution in [2.24, 2.45) is 5.73 Å². The highest BCUT2D eigenvalue weighted by atomic mass is 33.1. The molecule has 1 unspecified atom stereocenters. The van der Waals surface area contributed by atoms with Gasteiger partial charge in [-0.3, -0.25) is 4.79 Å². The molecule has 0 spiro atoms. The van der Waals surface area contributed by atoms with Crippen molar-refractivity contribution in [3.05, 3.63) is 23.3 Å². The van der Waals surface area contributed by atoms with Crippen LogP contribution in [0.2, 0.25) is 0 Å². The molecule has 0 saturated heterocycles. The van der Waals surface area contributed by atoms with Crippen molar-refractivity contribution in [1.29, 1.82) is 0 Å². The van der Waals surface area contributed by atoms with E-state index < -0.39 is 13.8 Å². The molecule has 0 aliphatic heterocycles. The van der Waals surface area contributed by atoms with Crippen LogP contribution >= 0.6 is 29.4 Å². The molecule has 0 aromatic rings. The second-order valence-electron chi connectivity index (χ2n) is 3.07. The van der Waals surface area contributed by atoms with Gasteiger partial charge in [0.15, 0.2) is 12.3 Å². The van der Waals surface area contributed by atoms with Gasteiger partial charge in [-0.05, 0) is 23.8 Å². The highest BCUT2D eigenvalue weighted by Gasteiger charge is 2.16. The Balaban J connectivity index is 3.57. The fourth-order valence-corrected chi connectivity index (χ4v) is 4.43. The lowest BCUT2D eigenvalue weighted by Crippen LogP contribution is -1.97. The van der Waals surface area contributed by atoms with Gasteiger partial charge in [0.25, 0.3) is 0 Å². The number of rotatable bonds is 9. The molecule has 0 amide bonds. The van der Waals surface area contributed by atoms with Crippen LogP contribution in [0.25, 0.3) is 0 Å². The summed E-state index contributed by atoms with van der Waals surface area (Å²) in [5, 5.41) is 9.12. The number of carboxylic acids is 1. The third kappa shape index (κ3) is 11.8. The standard InChI is InChI=1S/C10H16NO3PS2/c1-2-3-4-9(11)17-16-8-7-15(14)6-5-10(12)13/h2-4H,5-8,11H2,1H3/p+1/b3-2-,9-4+. The molecule has 0 radical (unpaired) electrons. The predicted octanol–water partition coefficient (Wildman–Crippen LogP) is 3.05. The number of carbonyl (C=O) groups is 1. The van der Waals surface area contributed by atoms with Crippen LogP contribution in [0.5, 0.6) is 0 Å². The van der Waals surface area contributed by atoms with Gasteiger partial charge in [-0.25, -0.2) is 0 Å². The molecule has 0 saturated carbocycles. The topological polar surface area (TPSA) is 80.4 Å². The van der Waals surface area contributed by atoms with Gasteiger partial charge in [-0.2, -0.15) is 0 Å². The molecule has 0 aromatic carbocycles. The number of hydrogen-bond donors (Lipinski definition) is 2. The van der Waals surface area contributed by atoms with Gasteiger partial charge < -0.3 is 10.8 Å². The van der Waals surface area contributed by atoms with Gasteiger partial charge in [-0.15, -0.1) is 0 Å². The SMILES string of the molecule is C/C=C\C=C(/N)SSCC[P+](=O)CCC(=O)O. The highest BCUT2D eigenvalue weighted by Crippen LogP contribution is 2.30. The van der Waals surface area contributed by atoms with Crippen LogP contribution in [-0.4, -0.2) is 29.2 Å². The van der Waals surface area contributed by atoms with Crippen LogP contribution in [0, 0.1) is 0 Å². The highest BCUT2D eigenvalue weighted by molar-refractivity contribution is 8.78. The smallest absolute Gasteiger partial charge is 0.340 e. The second-order valence-corrected chi connectivity index (χ2v) is 7.42. The van der Waals surface area contributed by atoms with Crippen molar-refractivity contribution in [1.82, 2.24) is 0 Å². The van der Waals surface area contributed by atoms with E-state index in [4.69, 9.17) is 10.8 Å². The summed E-state index contributed by atoms with van der Waals surface area (Å²) >= 11 is 0. The molecule has 17 heavy (non-hydrogen) atoms. The predicted molar refractivity (Wildman–Crippen MR) is 76.7 cm³/mol. The summed E-state index contributed by atoms with van der Waals surface area (Å²) < 4.78 is 11.4. The lowest BCUT2D eigenvalue weighted by atomic mass is 10.5. The largest absolute Gasteiger partial charge is 0.481 e. The number of allylic oxidation sites excluding steroid dienone is 3. The molecule has 0 aromatic heterocycles. The first-order valence-electron chi connectivity index (χ1n) is 5.08. The maximum atomic E-state index is 11.4. The average Bonchev–Trinajstić information content (AvgIpc) is 2.29. The first kappa shape index (κ1) is 16.6. The monoisotopic (exact) mass is 294 g/mol. The molecule has 0 fully saturated rings. The minimum absolute atomic E-state index is 0.0175. The van der Waals surface area contributed by atoms with E-state index in [2.05, 4.69) is 0 Å². The third-order valence-electron chi connectivity index (χ3n) is 1.61. The number of hydrogen-bond acceptors (Lipinski definition) is 5. The Morgan fingerprint density at radius 3 is 2.76 bits per heavy atom. The Hall–Kier alpha value is -0.450. The maximum Gasteiger partial charge on any atom is 0.340 e. The average molecular weight is 294 g/mol. The lowest BCUT2D eigenvalue weighted by molar-refractivity contribution is -0.136. The first-order chi connectivity index (χ1) is 8.06. The fourth-order valence-electron chi connectivity index (χ4n) is 0.800. The zero-order valence-electron chi connectivity index (χ0n) is 9.67. The van der Waals surface area contributed by atoms with Gasteiger partial charge in [0.1, 0.15) is 0 Å². The molecule has 7 heteroatoms. The third-order valence-corrected chi connectivity index (χ3v) is 5.60. The van der Waals surface area contributed by atoms with Gasteiger partial charge >= 0.3 is 13.8 Å². The fraction of sp³-hybridized carbons (Fsp3) is 0.500. The van der Waals surface area contributed by atoms with Gasteiger partial charge in [0.2, 0.25) is 0 Å². The second kappa shape index (κ2) is 10.7. The Morgan fingerprint density at radius 2 is 2.18 bits per heavy atom. The lowest BCUT2D eigenvalue weighted by Gasteiger charge is -1.96. The van der Waals surface area contributed by atoms with Crippen LogP contribution in [0.1, 0.15) is 13.3 Å². The molecule has 0 aliphatic rings.